The van der Waals surface area contributed by atoms with Crippen LogP contribution in [0.15, 0.2) is 11.4 Å². The molecule has 0 spiro atoms. The molecule has 1 N–H and O–H groups in total. The van der Waals surface area contributed by atoms with Gasteiger partial charge in [-0.05, 0) is 32.2 Å². The molecule has 0 fully saturated rings. The molecule has 0 radical (unpaired) electrons. The minimum absolute atomic E-state index is 0.625. The Kier molecular flexibility index (Phi) is 2.90. The van der Waals surface area contributed by atoms with Crippen molar-refractivity contribution in [1.29, 1.82) is 0 Å². The second-order valence-electron chi connectivity index (χ2n) is 4.16. The zero-order valence-corrected chi connectivity index (χ0v) is 11.8. The third kappa shape index (κ3) is 2.06. The summed E-state index contributed by atoms with van der Waals surface area (Å²) in [6.07, 6.45) is 0. The van der Waals surface area contributed by atoms with Gasteiger partial charge in [-0.3, -0.25) is 0 Å². The van der Waals surface area contributed by atoms with Crippen molar-refractivity contribution >= 4 is 27.5 Å². The van der Waals surface area contributed by atoms with Gasteiger partial charge in [0.05, 0.1) is 5.39 Å². The van der Waals surface area contributed by atoms with Crippen molar-refractivity contribution in [1.82, 2.24) is 24.7 Å². The molecular weight excluding hydrogens is 260 g/mol. The fourth-order valence-corrected chi connectivity index (χ4v) is 2.72. The summed E-state index contributed by atoms with van der Waals surface area (Å²) in [5.74, 6) is 2.97. The Morgan fingerprint density at radius 1 is 1.26 bits per heavy atom. The molecule has 0 aliphatic rings. The molecule has 0 saturated carbocycles. The first-order valence-corrected chi connectivity index (χ1v) is 6.96. The number of thiophene rings is 1. The standard InChI is InChI=1S/C12H14N6S/c1-4-13-12-15-10(9-5-6-19-11(9)16-12)18-8(3)14-7(2)17-18/h5-6H,4H2,1-3H3,(H,13,15,16). The van der Waals surface area contributed by atoms with E-state index in [1.165, 1.54) is 0 Å². The lowest BCUT2D eigenvalue weighted by Gasteiger charge is -2.07. The summed E-state index contributed by atoms with van der Waals surface area (Å²) >= 11 is 1.60. The number of nitrogens with zero attached hydrogens (tertiary/aromatic N) is 5. The van der Waals surface area contributed by atoms with Crippen LogP contribution in [0.4, 0.5) is 5.95 Å². The maximum absolute atomic E-state index is 4.55. The van der Waals surface area contributed by atoms with Crippen molar-refractivity contribution < 1.29 is 0 Å². The molecule has 0 aliphatic carbocycles. The first kappa shape index (κ1) is 12.0. The first-order valence-electron chi connectivity index (χ1n) is 6.08. The van der Waals surface area contributed by atoms with E-state index in [-0.39, 0.29) is 0 Å². The van der Waals surface area contributed by atoms with Crippen LogP contribution in [0.2, 0.25) is 0 Å². The minimum Gasteiger partial charge on any atom is -0.354 e. The van der Waals surface area contributed by atoms with Crippen LogP contribution in [0.3, 0.4) is 0 Å². The lowest BCUT2D eigenvalue weighted by molar-refractivity contribution is 0.808. The van der Waals surface area contributed by atoms with E-state index in [0.29, 0.717) is 5.95 Å². The number of hydrogen-bond acceptors (Lipinski definition) is 6. The first-order chi connectivity index (χ1) is 9.19. The number of rotatable bonds is 3. The summed E-state index contributed by atoms with van der Waals surface area (Å²) in [5.41, 5.74) is 0. The van der Waals surface area contributed by atoms with Gasteiger partial charge in [0, 0.05) is 6.54 Å². The SMILES string of the molecule is CCNc1nc(-n2nc(C)nc2C)c2ccsc2n1. The topological polar surface area (TPSA) is 68.5 Å². The zero-order chi connectivity index (χ0) is 13.4. The maximum atomic E-state index is 4.55. The van der Waals surface area contributed by atoms with Crippen LogP contribution in [0.25, 0.3) is 16.0 Å². The molecule has 0 bridgehead atoms. The maximum Gasteiger partial charge on any atom is 0.226 e. The normalized spacial score (nSPS) is 11.1. The van der Waals surface area contributed by atoms with Crippen LogP contribution in [-0.4, -0.2) is 31.3 Å². The number of aryl methyl sites for hydroxylation is 2. The lowest BCUT2D eigenvalue weighted by atomic mass is 10.4. The zero-order valence-electron chi connectivity index (χ0n) is 11.0. The van der Waals surface area contributed by atoms with E-state index in [1.807, 2.05) is 32.2 Å². The second kappa shape index (κ2) is 4.58. The van der Waals surface area contributed by atoms with Crippen LogP contribution < -0.4 is 5.32 Å². The summed E-state index contributed by atoms with van der Waals surface area (Å²) < 4.78 is 1.77. The molecule has 0 aromatic carbocycles. The van der Waals surface area contributed by atoms with Gasteiger partial charge >= 0.3 is 0 Å². The predicted octanol–water partition coefficient (Wildman–Crippen LogP) is 2.32. The Morgan fingerprint density at radius 3 is 2.79 bits per heavy atom. The molecule has 0 atom stereocenters. The van der Waals surface area contributed by atoms with Crippen molar-refractivity contribution in [2.75, 3.05) is 11.9 Å². The quantitative estimate of drug-likeness (QED) is 0.793. The summed E-state index contributed by atoms with van der Waals surface area (Å²) in [6.45, 7) is 6.60. The Bertz CT molecular complexity index is 729. The van der Waals surface area contributed by atoms with E-state index >= 15 is 0 Å². The molecule has 3 aromatic rings. The second-order valence-corrected chi connectivity index (χ2v) is 5.05. The van der Waals surface area contributed by atoms with E-state index in [4.69, 9.17) is 0 Å². The van der Waals surface area contributed by atoms with Crippen molar-refractivity contribution in [2.45, 2.75) is 20.8 Å². The summed E-state index contributed by atoms with van der Waals surface area (Å²) in [7, 11) is 0. The van der Waals surface area contributed by atoms with Crippen LogP contribution in [0, 0.1) is 13.8 Å². The Hall–Kier alpha value is -2.02. The summed E-state index contributed by atoms with van der Waals surface area (Å²) in [5, 5.41) is 10.6. The minimum atomic E-state index is 0.625. The fourth-order valence-electron chi connectivity index (χ4n) is 1.96. The van der Waals surface area contributed by atoms with Crippen LogP contribution in [-0.2, 0) is 0 Å². The van der Waals surface area contributed by atoms with Crippen LogP contribution in [0.5, 0.6) is 0 Å². The molecule has 0 amide bonds. The van der Waals surface area contributed by atoms with Gasteiger partial charge in [0.15, 0.2) is 5.82 Å². The highest BCUT2D eigenvalue weighted by Gasteiger charge is 2.14. The number of anilines is 1. The van der Waals surface area contributed by atoms with E-state index in [9.17, 15) is 0 Å². The molecule has 19 heavy (non-hydrogen) atoms. The molecular formula is C12H14N6S. The molecule has 7 heteroatoms. The molecule has 98 valence electrons. The molecule has 0 unspecified atom stereocenters. The van der Waals surface area contributed by atoms with Gasteiger partial charge in [0.1, 0.15) is 16.5 Å². The highest BCUT2D eigenvalue weighted by molar-refractivity contribution is 7.16. The number of fused-ring (bicyclic) bond motifs is 1. The van der Waals surface area contributed by atoms with E-state index in [0.717, 1.165) is 34.2 Å². The smallest absolute Gasteiger partial charge is 0.226 e. The average molecular weight is 274 g/mol. The molecule has 3 aromatic heterocycles. The Balaban J connectivity index is 2.26. The van der Waals surface area contributed by atoms with Gasteiger partial charge in [-0.25, -0.2) is 9.97 Å². The van der Waals surface area contributed by atoms with E-state index in [1.54, 1.807) is 16.0 Å². The number of nitrogens with one attached hydrogen (secondary N) is 1. The van der Waals surface area contributed by atoms with E-state index in [2.05, 4.69) is 25.4 Å². The summed E-state index contributed by atoms with van der Waals surface area (Å²) in [4.78, 5) is 14.3. The highest BCUT2D eigenvalue weighted by atomic mass is 32.1. The van der Waals surface area contributed by atoms with Gasteiger partial charge in [0.25, 0.3) is 0 Å². The molecule has 3 heterocycles. The lowest BCUT2D eigenvalue weighted by Crippen LogP contribution is -2.08. The predicted molar refractivity (Wildman–Crippen MR) is 76.0 cm³/mol. The monoisotopic (exact) mass is 274 g/mol. The third-order valence-electron chi connectivity index (χ3n) is 2.72. The molecule has 3 rings (SSSR count). The Morgan fingerprint density at radius 2 is 2.11 bits per heavy atom. The van der Waals surface area contributed by atoms with Crippen LogP contribution >= 0.6 is 11.3 Å². The molecule has 0 saturated heterocycles. The highest BCUT2D eigenvalue weighted by Crippen LogP contribution is 2.25. The van der Waals surface area contributed by atoms with Crippen molar-refractivity contribution in [2.24, 2.45) is 0 Å². The molecule has 6 nitrogen and oxygen atoms in total. The van der Waals surface area contributed by atoms with Gasteiger partial charge < -0.3 is 5.32 Å². The average Bonchev–Trinajstić information content (AvgIpc) is 2.95. The summed E-state index contributed by atoms with van der Waals surface area (Å²) in [6, 6.07) is 2.02. The van der Waals surface area contributed by atoms with Crippen molar-refractivity contribution in [3.8, 4) is 5.82 Å². The van der Waals surface area contributed by atoms with Gasteiger partial charge in [0.2, 0.25) is 5.95 Å². The molecule has 0 aliphatic heterocycles. The van der Waals surface area contributed by atoms with Crippen molar-refractivity contribution in [3.63, 3.8) is 0 Å². The Labute approximate surface area is 114 Å². The van der Waals surface area contributed by atoms with Crippen molar-refractivity contribution in [3.05, 3.63) is 23.1 Å². The number of hydrogen-bond donors (Lipinski definition) is 1. The van der Waals surface area contributed by atoms with Gasteiger partial charge in [-0.1, -0.05) is 0 Å². The fraction of sp³-hybridized carbons (Fsp3) is 0.333. The van der Waals surface area contributed by atoms with Gasteiger partial charge in [-0.2, -0.15) is 9.67 Å². The largest absolute Gasteiger partial charge is 0.354 e. The van der Waals surface area contributed by atoms with Gasteiger partial charge in [-0.15, -0.1) is 16.4 Å². The third-order valence-corrected chi connectivity index (χ3v) is 3.52. The van der Waals surface area contributed by atoms with Crippen LogP contribution in [0.1, 0.15) is 18.6 Å². The number of aromatic nitrogens is 5. The van der Waals surface area contributed by atoms with E-state index < -0.39 is 0 Å².